The molecule has 0 bridgehead atoms. The minimum atomic E-state index is 0.636. The highest BCUT2D eigenvalue weighted by atomic mass is 15.3. The zero-order valence-corrected chi connectivity index (χ0v) is 18.2. The molecule has 1 aliphatic rings. The molecule has 0 unspecified atom stereocenters. The van der Waals surface area contributed by atoms with E-state index >= 15 is 0 Å². The zero-order valence-electron chi connectivity index (χ0n) is 18.2. The number of hydrogen-bond acceptors (Lipinski definition) is 4. The maximum Gasteiger partial charge on any atom is 0.191 e. The second-order valence-electron chi connectivity index (χ2n) is 7.71. The number of hydrogen-bond donors (Lipinski definition) is 2. The van der Waals surface area contributed by atoms with Crippen molar-refractivity contribution in [1.29, 1.82) is 0 Å². The maximum absolute atomic E-state index is 4.77. The van der Waals surface area contributed by atoms with Crippen LogP contribution in [0.25, 0.3) is 5.69 Å². The van der Waals surface area contributed by atoms with Gasteiger partial charge in [-0.15, -0.1) is 0 Å². The van der Waals surface area contributed by atoms with E-state index in [0.29, 0.717) is 6.54 Å². The fourth-order valence-corrected chi connectivity index (χ4v) is 3.75. The first kappa shape index (κ1) is 20.9. The second kappa shape index (κ2) is 10.6. The summed E-state index contributed by atoms with van der Waals surface area (Å²) >= 11 is 0. The first-order valence-corrected chi connectivity index (χ1v) is 11.1. The Balaban J connectivity index is 1.30. The lowest BCUT2D eigenvalue weighted by atomic mass is 10.1. The van der Waals surface area contributed by atoms with Crippen LogP contribution in [-0.2, 0) is 13.0 Å². The summed E-state index contributed by atoms with van der Waals surface area (Å²) in [5, 5.41) is 11.1. The highest BCUT2D eigenvalue weighted by molar-refractivity contribution is 5.79. The van der Waals surface area contributed by atoms with Gasteiger partial charge in [-0.2, -0.15) is 5.10 Å². The highest BCUT2D eigenvalue weighted by Gasteiger charge is 2.13. The van der Waals surface area contributed by atoms with Gasteiger partial charge in [0, 0.05) is 44.8 Å². The van der Waals surface area contributed by atoms with Crippen LogP contribution in [-0.4, -0.2) is 46.9 Å². The summed E-state index contributed by atoms with van der Waals surface area (Å²) < 4.78 is 1.87. The normalized spacial score (nSPS) is 14.1. The van der Waals surface area contributed by atoms with Crippen molar-refractivity contribution in [3.05, 3.63) is 72.2 Å². The minimum Gasteiger partial charge on any atom is -0.357 e. The van der Waals surface area contributed by atoms with Crippen molar-refractivity contribution in [3.8, 4) is 5.69 Å². The van der Waals surface area contributed by atoms with Gasteiger partial charge in [0.05, 0.1) is 12.2 Å². The largest absolute Gasteiger partial charge is 0.357 e. The van der Waals surface area contributed by atoms with Gasteiger partial charge in [-0.1, -0.05) is 12.1 Å². The Morgan fingerprint density at radius 3 is 2.61 bits per heavy atom. The summed E-state index contributed by atoms with van der Waals surface area (Å²) in [5.41, 5.74) is 3.54. The molecule has 2 N–H and O–H groups in total. The quantitative estimate of drug-likeness (QED) is 0.435. The van der Waals surface area contributed by atoms with Crippen molar-refractivity contribution in [2.45, 2.75) is 32.7 Å². The summed E-state index contributed by atoms with van der Waals surface area (Å²) in [6, 6.07) is 14.7. The number of guanidine groups is 1. The lowest BCUT2D eigenvalue weighted by Gasteiger charge is -2.16. The number of aliphatic imine (C=N–C) groups is 1. The molecule has 1 fully saturated rings. The lowest BCUT2D eigenvalue weighted by molar-refractivity contribution is 0.798. The molecule has 0 atom stereocenters. The molecular formula is C24H31N7. The van der Waals surface area contributed by atoms with Crippen LogP contribution in [0.3, 0.4) is 0 Å². The van der Waals surface area contributed by atoms with Crippen LogP contribution in [0.4, 0.5) is 5.82 Å². The van der Waals surface area contributed by atoms with Gasteiger partial charge in [-0.25, -0.2) is 14.7 Å². The zero-order chi connectivity index (χ0) is 21.3. The topological polar surface area (TPSA) is 70.4 Å². The number of aromatic nitrogens is 3. The van der Waals surface area contributed by atoms with Gasteiger partial charge in [0.25, 0.3) is 0 Å². The third-order valence-corrected chi connectivity index (χ3v) is 5.42. The number of benzene rings is 1. The smallest absolute Gasteiger partial charge is 0.191 e. The van der Waals surface area contributed by atoms with Gasteiger partial charge >= 0.3 is 0 Å². The number of nitrogens with one attached hydrogen (secondary N) is 2. The van der Waals surface area contributed by atoms with E-state index in [1.54, 1.807) is 6.20 Å². The molecule has 1 aromatic carbocycles. The number of anilines is 1. The molecule has 162 valence electrons. The molecule has 31 heavy (non-hydrogen) atoms. The Morgan fingerprint density at radius 2 is 1.87 bits per heavy atom. The van der Waals surface area contributed by atoms with Crippen molar-refractivity contribution in [2.24, 2.45) is 4.99 Å². The standard InChI is InChI=1S/C24H31N7/c1-2-25-24(28-19-21-11-13-26-23(18-21)30-15-3-4-16-30)27-14-10-20-6-8-22(9-7-20)31-17-5-12-29-31/h5-9,11-13,17-18H,2-4,10,14-16,19H2,1H3,(H2,25,27,28). The van der Waals surface area contributed by atoms with Crippen molar-refractivity contribution in [2.75, 3.05) is 31.1 Å². The number of rotatable bonds is 8. The average Bonchev–Trinajstić information content (AvgIpc) is 3.53. The lowest BCUT2D eigenvalue weighted by Crippen LogP contribution is -2.38. The highest BCUT2D eigenvalue weighted by Crippen LogP contribution is 2.18. The predicted octanol–water partition coefficient (Wildman–Crippen LogP) is 3.17. The summed E-state index contributed by atoms with van der Waals surface area (Å²) in [7, 11) is 0. The molecule has 3 aromatic rings. The van der Waals surface area contributed by atoms with Crippen molar-refractivity contribution < 1.29 is 0 Å². The van der Waals surface area contributed by atoms with Crippen LogP contribution in [0, 0.1) is 0 Å². The van der Waals surface area contributed by atoms with Gasteiger partial charge in [0.15, 0.2) is 5.96 Å². The number of nitrogens with zero attached hydrogens (tertiary/aromatic N) is 5. The molecule has 0 aliphatic carbocycles. The van der Waals surface area contributed by atoms with Crippen molar-refractivity contribution >= 4 is 11.8 Å². The van der Waals surface area contributed by atoms with Crippen LogP contribution in [0.5, 0.6) is 0 Å². The van der Waals surface area contributed by atoms with E-state index in [0.717, 1.165) is 50.1 Å². The Bertz CT molecular complexity index is 958. The summed E-state index contributed by atoms with van der Waals surface area (Å²) in [5.74, 6) is 1.91. The Hall–Kier alpha value is -3.35. The molecule has 1 aliphatic heterocycles. The van der Waals surface area contributed by atoms with E-state index < -0.39 is 0 Å². The third kappa shape index (κ3) is 5.84. The van der Waals surface area contributed by atoms with Crippen molar-refractivity contribution in [1.82, 2.24) is 25.4 Å². The Kier molecular flexibility index (Phi) is 7.16. The first-order valence-electron chi connectivity index (χ1n) is 11.1. The van der Waals surface area contributed by atoms with Gasteiger partial charge in [-0.3, -0.25) is 0 Å². The molecule has 2 aromatic heterocycles. The molecule has 7 nitrogen and oxygen atoms in total. The van der Waals surface area contributed by atoms with Gasteiger partial charge < -0.3 is 15.5 Å². The Morgan fingerprint density at radius 1 is 1.03 bits per heavy atom. The van der Waals surface area contributed by atoms with Crippen LogP contribution in [0.1, 0.15) is 30.9 Å². The fraction of sp³-hybridized carbons (Fsp3) is 0.375. The summed E-state index contributed by atoms with van der Waals surface area (Å²) in [6.45, 7) is 6.59. The van der Waals surface area contributed by atoms with E-state index in [9.17, 15) is 0 Å². The first-order chi connectivity index (χ1) is 15.3. The molecule has 0 radical (unpaired) electrons. The summed E-state index contributed by atoms with van der Waals surface area (Å²) in [6.07, 6.45) is 9.07. The van der Waals surface area contributed by atoms with E-state index in [1.165, 1.54) is 24.0 Å². The minimum absolute atomic E-state index is 0.636. The SMILES string of the molecule is CCNC(=NCc1ccnc(N2CCCC2)c1)NCCc1ccc(-n2cccn2)cc1. The van der Waals surface area contributed by atoms with E-state index in [2.05, 4.69) is 62.9 Å². The van der Waals surface area contributed by atoms with Crippen LogP contribution >= 0.6 is 0 Å². The van der Waals surface area contributed by atoms with E-state index in [1.807, 2.05) is 29.2 Å². The molecule has 4 rings (SSSR count). The second-order valence-corrected chi connectivity index (χ2v) is 7.71. The molecule has 0 saturated carbocycles. The monoisotopic (exact) mass is 417 g/mol. The molecule has 3 heterocycles. The number of pyridine rings is 1. The summed E-state index contributed by atoms with van der Waals surface area (Å²) in [4.78, 5) is 11.7. The van der Waals surface area contributed by atoms with Gasteiger partial charge in [-0.05, 0) is 67.6 Å². The van der Waals surface area contributed by atoms with E-state index in [4.69, 9.17) is 4.99 Å². The maximum atomic E-state index is 4.77. The fourth-order valence-electron chi connectivity index (χ4n) is 3.75. The molecule has 7 heteroatoms. The van der Waals surface area contributed by atoms with Crippen LogP contribution < -0.4 is 15.5 Å². The van der Waals surface area contributed by atoms with Crippen LogP contribution in [0.2, 0.25) is 0 Å². The Labute approximate surface area is 184 Å². The average molecular weight is 418 g/mol. The van der Waals surface area contributed by atoms with Crippen molar-refractivity contribution in [3.63, 3.8) is 0 Å². The van der Waals surface area contributed by atoms with Gasteiger partial charge in [0.1, 0.15) is 5.82 Å². The van der Waals surface area contributed by atoms with Crippen LogP contribution in [0.15, 0.2) is 66.0 Å². The molecular weight excluding hydrogens is 386 g/mol. The third-order valence-electron chi connectivity index (χ3n) is 5.42. The molecule has 0 amide bonds. The molecule has 0 spiro atoms. The van der Waals surface area contributed by atoms with Gasteiger partial charge in [0.2, 0.25) is 0 Å². The predicted molar refractivity (Wildman–Crippen MR) is 126 cm³/mol. The van der Waals surface area contributed by atoms with E-state index in [-0.39, 0.29) is 0 Å². The molecule has 1 saturated heterocycles.